The zero-order valence-corrected chi connectivity index (χ0v) is 7.26. The molecule has 0 rings (SSSR count). The molecule has 0 aromatic rings. The smallest absolute Gasteiger partial charge is 0.0168 e. The third kappa shape index (κ3) is 2.02. The van der Waals surface area contributed by atoms with Crippen molar-refractivity contribution in [3.8, 4) is 0 Å². The molecule has 0 aliphatic rings. The van der Waals surface area contributed by atoms with Gasteiger partial charge in [-0.25, -0.2) is 0 Å². The van der Waals surface area contributed by atoms with E-state index in [0.717, 1.165) is 17.9 Å². The third-order valence-corrected chi connectivity index (χ3v) is 2.67. The van der Waals surface area contributed by atoms with E-state index >= 15 is 0 Å². The maximum absolute atomic E-state index is 5.79. The Morgan fingerprint density at radius 2 is 1.78 bits per heavy atom. The SMILES string of the molecule is C=C(Cl)C(C)(CC)CC. The average molecular weight is 147 g/mol. The number of rotatable bonds is 3. The van der Waals surface area contributed by atoms with Gasteiger partial charge in [0.1, 0.15) is 0 Å². The van der Waals surface area contributed by atoms with Gasteiger partial charge in [0.05, 0.1) is 0 Å². The highest BCUT2D eigenvalue weighted by molar-refractivity contribution is 6.29. The highest BCUT2D eigenvalue weighted by Gasteiger charge is 2.21. The number of hydrogen-bond acceptors (Lipinski definition) is 0. The molecule has 0 atom stereocenters. The standard InChI is InChI=1S/C8H15Cl/c1-5-8(4,6-2)7(3)9/h3,5-6H2,1-2,4H3. The Morgan fingerprint density at radius 1 is 1.44 bits per heavy atom. The Labute approximate surface area is 62.9 Å². The van der Waals surface area contributed by atoms with Crippen LogP contribution in [-0.2, 0) is 0 Å². The molecule has 0 radical (unpaired) electrons. The molecule has 0 aliphatic heterocycles. The van der Waals surface area contributed by atoms with Crippen LogP contribution in [0.15, 0.2) is 11.6 Å². The van der Waals surface area contributed by atoms with E-state index in [0.29, 0.717) is 0 Å². The summed E-state index contributed by atoms with van der Waals surface area (Å²) in [6.45, 7) is 10.1. The number of halogens is 1. The second-order valence-corrected chi connectivity index (χ2v) is 3.13. The molecule has 0 spiro atoms. The molecule has 1 heteroatoms. The van der Waals surface area contributed by atoms with Crippen LogP contribution in [0.1, 0.15) is 33.6 Å². The van der Waals surface area contributed by atoms with Gasteiger partial charge in [0.2, 0.25) is 0 Å². The second-order valence-electron chi connectivity index (χ2n) is 2.67. The van der Waals surface area contributed by atoms with Gasteiger partial charge in [-0.1, -0.05) is 39.0 Å². The molecule has 0 saturated carbocycles. The van der Waals surface area contributed by atoms with Crippen LogP contribution in [0.2, 0.25) is 0 Å². The van der Waals surface area contributed by atoms with E-state index in [1.807, 2.05) is 0 Å². The molecule has 0 aliphatic carbocycles. The Hall–Kier alpha value is 0.0300. The largest absolute Gasteiger partial charge is 0.0892 e. The van der Waals surface area contributed by atoms with E-state index in [1.165, 1.54) is 0 Å². The molecule has 0 nitrogen and oxygen atoms in total. The van der Waals surface area contributed by atoms with Gasteiger partial charge >= 0.3 is 0 Å². The van der Waals surface area contributed by atoms with Crippen molar-refractivity contribution < 1.29 is 0 Å². The molecule has 0 fully saturated rings. The van der Waals surface area contributed by atoms with Crippen molar-refractivity contribution in [2.24, 2.45) is 5.41 Å². The minimum atomic E-state index is 0.154. The maximum atomic E-state index is 5.79. The minimum absolute atomic E-state index is 0.154. The van der Waals surface area contributed by atoms with Crippen LogP contribution < -0.4 is 0 Å². The van der Waals surface area contributed by atoms with E-state index in [9.17, 15) is 0 Å². The van der Waals surface area contributed by atoms with Gasteiger partial charge in [-0.15, -0.1) is 0 Å². The fourth-order valence-corrected chi connectivity index (χ4v) is 0.901. The molecule has 0 saturated heterocycles. The van der Waals surface area contributed by atoms with E-state index in [-0.39, 0.29) is 5.41 Å². The summed E-state index contributed by atoms with van der Waals surface area (Å²) >= 11 is 5.79. The van der Waals surface area contributed by atoms with Crippen LogP contribution in [0.25, 0.3) is 0 Å². The Balaban J connectivity index is 4.09. The lowest BCUT2D eigenvalue weighted by molar-refractivity contribution is 0.387. The van der Waals surface area contributed by atoms with Crippen molar-refractivity contribution in [2.45, 2.75) is 33.6 Å². The Bertz CT molecular complexity index is 101. The molecule has 0 heterocycles. The van der Waals surface area contributed by atoms with Crippen LogP contribution in [0.3, 0.4) is 0 Å². The van der Waals surface area contributed by atoms with E-state index in [1.54, 1.807) is 0 Å². The fraction of sp³-hybridized carbons (Fsp3) is 0.750. The summed E-state index contributed by atoms with van der Waals surface area (Å²) in [6.07, 6.45) is 2.15. The molecule has 0 amide bonds. The quantitative estimate of drug-likeness (QED) is 0.571. The highest BCUT2D eigenvalue weighted by atomic mass is 35.5. The van der Waals surface area contributed by atoms with Gasteiger partial charge in [-0.05, 0) is 12.8 Å². The minimum Gasteiger partial charge on any atom is -0.0892 e. The number of hydrogen-bond donors (Lipinski definition) is 0. The van der Waals surface area contributed by atoms with Crippen molar-refractivity contribution in [3.63, 3.8) is 0 Å². The normalized spacial score (nSPS) is 11.6. The van der Waals surface area contributed by atoms with Crippen LogP contribution in [0.5, 0.6) is 0 Å². The summed E-state index contributed by atoms with van der Waals surface area (Å²) in [5, 5.41) is 0.785. The summed E-state index contributed by atoms with van der Waals surface area (Å²) < 4.78 is 0. The molecular formula is C8H15Cl. The van der Waals surface area contributed by atoms with Gasteiger partial charge in [0, 0.05) is 10.4 Å². The van der Waals surface area contributed by atoms with Gasteiger partial charge in [-0.2, -0.15) is 0 Å². The fourth-order valence-electron chi connectivity index (χ4n) is 0.634. The predicted molar refractivity (Wildman–Crippen MR) is 43.7 cm³/mol. The van der Waals surface area contributed by atoms with Gasteiger partial charge in [0.25, 0.3) is 0 Å². The predicted octanol–water partition coefficient (Wildman–Crippen LogP) is 3.57. The Morgan fingerprint density at radius 3 is 1.78 bits per heavy atom. The average Bonchev–Trinajstić information content (AvgIpc) is 1.86. The molecule has 0 aromatic heterocycles. The maximum Gasteiger partial charge on any atom is 0.0168 e. The first-order chi connectivity index (χ1) is 4.06. The molecule has 54 valence electrons. The zero-order chi connectivity index (χ0) is 7.49. The molecule has 9 heavy (non-hydrogen) atoms. The first-order valence-electron chi connectivity index (χ1n) is 3.41. The zero-order valence-electron chi connectivity index (χ0n) is 6.50. The van der Waals surface area contributed by atoms with Crippen LogP contribution in [0, 0.1) is 5.41 Å². The Kier molecular flexibility index (Phi) is 3.27. The number of allylic oxidation sites excluding steroid dienone is 1. The lowest BCUT2D eigenvalue weighted by Crippen LogP contribution is -2.12. The van der Waals surface area contributed by atoms with E-state index in [2.05, 4.69) is 27.4 Å². The summed E-state index contributed by atoms with van der Waals surface area (Å²) in [5.74, 6) is 0. The summed E-state index contributed by atoms with van der Waals surface area (Å²) in [6, 6.07) is 0. The topological polar surface area (TPSA) is 0 Å². The summed E-state index contributed by atoms with van der Waals surface area (Å²) in [5.41, 5.74) is 0.154. The van der Waals surface area contributed by atoms with Crippen LogP contribution >= 0.6 is 11.6 Å². The van der Waals surface area contributed by atoms with Crippen molar-refractivity contribution in [1.82, 2.24) is 0 Å². The van der Waals surface area contributed by atoms with Crippen molar-refractivity contribution in [2.75, 3.05) is 0 Å². The van der Waals surface area contributed by atoms with E-state index in [4.69, 9.17) is 11.6 Å². The molecule has 0 bridgehead atoms. The third-order valence-electron chi connectivity index (χ3n) is 2.22. The van der Waals surface area contributed by atoms with Crippen molar-refractivity contribution in [3.05, 3.63) is 11.6 Å². The first-order valence-corrected chi connectivity index (χ1v) is 3.79. The van der Waals surface area contributed by atoms with Crippen molar-refractivity contribution >= 4 is 11.6 Å². The van der Waals surface area contributed by atoms with Gasteiger partial charge < -0.3 is 0 Å². The molecule has 0 unspecified atom stereocenters. The lowest BCUT2D eigenvalue weighted by atomic mass is 9.85. The van der Waals surface area contributed by atoms with Crippen LogP contribution in [-0.4, -0.2) is 0 Å². The second kappa shape index (κ2) is 3.26. The van der Waals surface area contributed by atoms with Crippen molar-refractivity contribution in [1.29, 1.82) is 0 Å². The summed E-state index contributed by atoms with van der Waals surface area (Å²) in [7, 11) is 0. The van der Waals surface area contributed by atoms with Crippen LogP contribution in [0.4, 0.5) is 0 Å². The van der Waals surface area contributed by atoms with Gasteiger partial charge in [-0.3, -0.25) is 0 Å². The lowest BCUT2D eigenvalue weighted by Gasteiger charge is -2.24. The van der Waals surface area contributed by atoms with E-state index < -0.39 is 0 Å². The molecular weight excluding hydrogens is 132 g/mol. The first kappa shape index (κ1) is 9.03. The molecule has 0 N–H and O–H groups in total. The summed E-state index contributed by atoms with van der Waals surface area (Å²) in [4.78, 5) is 0. The molecule has 0 aromatic carbocycles. The highest BCUT2D eigenvalue weighted by Crippen LogP contribution is 2.35. The van der Waals surface area contributed by atoms with Gasteiger partial charge in [0.15, 0.2) is 0 Å². The monoisotopic (exact) mass is 146 g/mol.